The Morgan fingerprint density at radius 2 is 1.83 bits per heavy atom. The van der Waals surface area contributed by atoms with Crippen molar-refractivity contribution in [2.45, 2.75) is 11.8 Å². The lowest BCUT2D eigenvalue weighted by Crippen LogP contribution is -2.60. The van der Waals surface area contributed by atoms with Crippen LogP contribution in [-0.2, 0) is 4.79 Å². The summed E-state index contributed by atoms with van der Waals surface area (Å²) in [6, 6.07) is 10.8. The molecule has 1 aliphatic heterocycles. The number of hydrazone groups is 1. The van der Waals surface area contributed by atoms with E-state index in [1.165, 1.54) is 30.3 Å². The molecule has 3 rings (SSSR count). The molecule has 2 aromatic rings. The van der Waals surface area contributed by atoms with Crippen molar-refractivity contribution >= 4 is 41.2 Å². The molecule has 0 radical (unpaired) electrons. The van der Waals surface area contributed by atoms with Gasteiger partial charge in [-0.15, -0.1) is 4.68 Å². The minimum atomic E-state index is -5.20. The quantitative estimate of drug-likeness (QED) is 0.389. The van der Waals surface area contributed by atoms with Gasteiger partial charge in [0.15, 0.2) is 17.2 Å². The predicted molar refractivity (Wildman–Crippen MR) is 120 cm³/mol. The van der Waals surface area contributed by atoms with Gasteiger partial charge in [-0.2, -0.15) is 13.2 Å². The number of nitrogens with one attached hydrogen (secondary N) is 1. The summed E-state index contributed by atoms with van der Waals surface area (Å²) in [4.78, 5) is 25.8. The normalized spacial score (nSPS) is 17.3. The van der Waals surface area contributed by atoms with Crippen molar-refractivity contribution in [3.8, 4) is 0 Å². The zero-order valence-corrected chi connectivity index (χ0v) is 19.0. The molecule has 2 aromatic carbocycles. The van der Waals surface area contributed by atoms with E-state index in [0.717, 1.165) is 30.1 Å². The van der Waals surface area contributed by atoms with Crippen molar-refractivity contribution in [1.29, 1.82) is 0 Å². The number of hydrogen-bond donors (Lipinski definition) is 3. The number of carbonyl (C=O) groups excluding carboxylic acids is 2. The average molecular weight is 515 g/mol. The Balaban J connectivity index is 1.73. The highest BCUT2D eigenvalue weighted by atomic mass is 35.5. The number of carbonyl (C=O) groups is 2. The van der Waals surface area contributed by atoms with E-state index in [9.17, 15) is 32.3 Å². The summed E-state index contributed by atoms with van der Waals surface area (Å²) in [7, 11) is 1.07. The highest BCUT2D eigenvalue weighted by Crippen LogP contribution is 2.31. The Bertz CT molecular complexity index is 1190. The van der Waals surface area contributed by atoms with E-state index >= 15 is 0 Å². The van der Waals surface area contributed by atoms with Gasteiger partial charge < -0.3 is 15.3 Å². The number of nitrogens with two attached hydrogens (primary N) is 1. The van der Waals surface area contributed by atoms with E-state index in [4.69, 9.17) is 17.3 Å². The van der Waals surface area contributed by atoms with E-state index in [0.29, 0.717) is 10.6 Å². The first-order valence-corrected chi connectivity index (χ1v) is 10.5. The molecule has 0 aliphatic carbocycles. The van der Waals surface area contributed by atoms with E-state index in [1.807, 2.05) is 5.32 Å². The number of rotatable bonds is 7. The summed E-state index contributed by atoms with van der Waals surface area (Å²) in [6.07, 6.45) is -4.10. The Hall–Kier alpha value is -3.51. The largest absolute Gasteiger partial charge is 0.420 e. The third-order valence-electron chi connectivity index (χ3n) is 5.28. The van der Waals surface area contributed by atoms with Gasteiger partial charge in [0.25, 0.3) is 11.7 Å². The zero-order chi connectivity index (χ0) is 26.0. The number of amidine groups is 1. The molecule has 0 saturated heterocycles. The maximum atomic E-state index is 13.8. The molecule has 0 aromatic heterocycles. The molecule has 2 unspecified atom stereocenters. The van der Waals surface area contributed by atoms with Crippen LogP contribution in [0.2, 0.25) is 5.02 Å². The third-order valence-corrected chi connectivity index (χ3v) is 5.61. The van der Waals surface area contributed by atoms with Crippen molar-refractivity contribution < 1.29 is 36.9 Å². The monoisotopic (exact) mass is 514 g/mol. The molecule has 35 heavy (non-hydrogen) atoms. The van der Waals surface area contributed by atoms with Crippen molar-refractivity contribution in [2.24, 2.45) is 16.8 Å². The summed E-state index contributed by atoms with van der Waals surface area (Å²) in [6.45, 7) is -2.44. The zero-order valence-electron chi connectivity index (χ0n) is 18.3. The topological polar surface area (TPSA) is 111 Å². The maximum Gasteiger partial charge on any atom is 0.420 e. The SMILES string of the molecule is CN(CC(O)(CNC(=O)C1C=N[N+](c2ccc(F)cc2)=C1N)C(F)(F)F)C(=O)c1ccccc1Cl. The van der Waals surface area contributed by atoms with Gasteiger partial charge in [0.05, 0.1) is 29.9 Å². The second-order valence-electron chi connectivity index (χ2n) is 7.84. The van der Waals surface area contributed by atoms with E-state index in [1.54, 1.807) is 6.07 Å². The molecule has 0 fully saturated rings. The van der Waals surface area contributed by atoms with Crippen molar-refractivity contribution in [3.05, 3.63) is 64.9 Å². The van der Waals surface area contributed by atoms with Gasteiger partial charge in [0.2, 0.25) is 5.91 Å². The fourth-order valence-electron chi connectivity index (χ4n) is 3.30. The standard InChI is InChI=1S/C22H20ClF4N5O3/c1-31(20(34)15-4-2-3-5-17(15)23)12-21(35,22(25,26)27)11-29-19(33)16-10-30-32(18(16)28)14-8-6-13(24)7-9-14/h2-10,16,28,35H,11-12H2,1H3,(H,29,33)/p+1. The van der Waals surface area contributed by atoms with Crippen molar-refractivity contribution in [3.63, 3.8) is 0 Å². The summed E-state index contributed by atoms with van der Waals surface area (Å²) in [5, 5.41) is 16.4. The highest BCUT2D eigenvalue weighted by molar-refractivity contribution is 6.33. The first-order valence-electron chi connectivity index (χ1n) is 10.1. The predicted octanol–water partition coefficient (Wildman–Crippen LogP) is 2.28. The lowest BCUT2D eigenvalue weighted by molar-refractivity contribution is -0.443. The molecule has 1 heterocycles. The molecular formula is C22H21ClF4N5O3+. The second kappa shape index (κ2) is 10.0. The van der Waals surface area contributed by atoms with Crippen LogP contribution in [0.5, 0.6) is 0 Å². The van der Waals surface area contributed by atoms with Crippen molar-refractivity contribution in [2.75, 3.05) is 20.1 Å². The van der Waals surface area contributed by atoms with Crippen LogP contribution in [0.4, 0.5) is 23.2 Å². The van der Waals surface area contributed by atoms with Crippen LogP contribution < -0.4 is 11.1 Å². The van der Waals surface area contributed by atoms with Crippen LogP contribution in [0.15, 0.2) is 53.6 Å². The number of likely N-dealkylation sites (N-methyl/N-ethyl adjacent to an activating group) is 1. The summed E-state index contributed by atoms with van der Waals surface area (Å²) < 4.78 is 55.6. The lowest BCUT2D eigenvalue weighted by atomic mass is 10.0. The number of benzene rings is 2. The van der Waals surface area contributed by atoms with Gasteiger partial charge in [0.1, 0.15) is 5.82 Å². The molecule has 0 saturated carbocycles. The number of amides is 2. The maximum absolute atomic E-state index is 13.8. The molecule has 8 nitrogen and oxygen atoms in total. The molecule has 13 heteroatoms. The van der Waals surface area contributed by atoms with Crippen LogP contribution in [0, 0.1) is 11.7 Å². The highest BCUT2D eigenvalue weighted by Gasteiger charge is 2.55. The lowest BCUT2D eigenvalue weighted by Gasteiger charge is -2.34. The number of hydrogen-bond acceptors (Lipinski definition) is 5. The summed E-state index contributed by atoms with van der Waals surface area (Å²) >= 11 is 5.94. The van der Waals surface area contributed by atoms with Gasteiger partial charge in [0, 0.05) is 7.05 Å². The van der Waals surface area contributed by atoms with Gasteiger partial charge >= 0.3 is 6.18 Å². The van der Waals surface area contributed by atoms with Gasteiger partial charge in [-0.3, -0.25) is 15.3 Å². The first kappa shape index (κ1) is 26.1. The molecule has 1 aliphatic rings. The molecule has 0 spiro atoms. The number of aliphatic hydroxyl groups is 1. The van der Waals surface area contributed by atoms with Crippen molar-refractivity contribution in [1.82, 2.24) is 10.2 Å². The first-order chi connectivity index (χ1) is 16.3. The van der Waals surface area contributed by atoms with E-state index < -0.39 is 48.4 Å². The number of halogens is 5. The van der Waals surface area contributed by atoms with Gasteiger partial charge in [-0.25, -0.2) is 4.39 Å². The van der Waals surface area contributed by atoms with Gasteiger partial charge in [-0.05, 0) is 36.4 Å². The minimum absolute atomic E-state index is 0.0328. The Morgan fingerprint density at radius 1 is 1.20 bits per heavy atom. The molecule has 0 bridgehead atoms. The average Bonchev–Trinajstić information content (AvgIpc) is 3.18. The fraction of sp³-hybridized carbons (Fsp3) is 0.273. The Morgan fingerprint density at radius 3 is 2.43 bits per heavy atom. The smallest absolute Gasteiger partial charge is 0.378 e. The van der Waals surface area contributed by atoms with E-state index in [2.05, 4.69) is 5.10 Å². The Kier molecular flexibility index (Phi) is 7.46. The third kappa shape index (κ3) is 5.60. The van der Waals surface area contributed by atoms with Gasteiger partial charge in [-0.1, -0.05) is 28.8 Å². The molecule has 2 atom stereocenters. The van der Waals surface area contributed by atoms with Crippen LogP contribution in [-0.4, -0.2) is 70.5 Å². The molecule has 186 valence electrons. The number of alkyl halides is 3. The molecular weight excluding hydrogens is 494 g/mol. The van der Waals surface area contributed by atoms with Crippen LogP contribution in [0.3, 0.4) is 0 Å². The second-order valence-corrected chi connectivity index (χ2v) is 8.25. The minimum Gasteiger partial charge on any atom is -0.378 e. The molecule has 4 N–H and O–H groups in total. The van der Waals surface area contributed by atoms with Crippen LogP contribution in [0.1, 0.15) is 10.4 Å². The van der Waals surface area contributed by atoms with E-state index in [-0.39, 0.29) is 16.4 Å². The molecule has 2 amide bonds. The number of nitrogens with zero attached hydrogens (tertiary/aromatic N) is 3. The summed E-state index contributed by atoms with van der Waals surface area (Å²) in [5.41, 5.74) is 2.74. The summed E-state index contributed by atoms with van der Waals surface area (Å²) in [5.74, 6) is -3.68. The van der Waals surface area contributed by atoms with Crippen LogP contribution in [0.25, 0.3) is 0 Å². The Labute approximate surface area is 202 Å². The fourth-order valence-corrected chi connectivity index (χ4v) is 3.52. The van der Waals surface area contributed by atoms with Crippen LogP contribution >= 0.6 is 11.6 Å².